The standard InChI is InChI=1S/C40H30N2O4/c43-38(31-20-16-27-12-10-23-5-3-7-25-14-18-29(31)36(27)34(23)25)41-22-2-1-9-33(40(45)46)42-39(44)32-21-17-28-13-11-24-6-4-8-26-15-19-30(32)37(28)35(24)26/h3-8,10-21,33H,1-2,9,22H2,(H,41,43)(H,42,44)(H,45,46)/t33-/m0/s1. The second kappa shape index (κ2) is 11.0. The number of nitrogens with one attached hydrogen (secondary N) is 2. The van der Waals surface area contributed by atoms with Gasteiger partial charge >= 0.3 is 5.97 Å². The highest BCUT2D eigenvalue weighted by molar-refractivity contribution is 6.27. The SMILES string of the molecule is O=C(NCCCC[C@H](NC(=O)c1ccc2ccc3cccc4ccc1c2c34)C(=O)O)c1ccc2ccc3cccc4ccc1c2c34. The summed E-state index contributed by atoms with van der Waals surface area (Å²) in [5, 5.41) is 28.4. The predicted molar refractivity (Wildman–Crippen MR) is 185 cm³/mol. The van der Waals surface area contributed by atoms with E-state index in [2.05, 4.69) is 65.2 Å². The van der Waals surface area contributed by atoms with Crippen molar-refractivity contribution in [3.63, 3.8) is 0 Å². The van der Waals surface area contributed by atoms with Crippen molar-refractivity contribution in [2.24, 2.45) is 0 Å². The summed E-state index contributed by atoms with van der Waals surface area (Å²) in [7, 11) is 0. The Balaban J connectivity index is 0.936. The molecule has 1 atom stereocenters. The lowest BCUT2D eigenvalue weighted by Crippen LogP contribution is -2.41. The summed E-state index contributed by atoms with van der Waals surface area (Å²) < 4.78 is 0. The minimum atomic E-state index is -1.08. The van der Waals surface area contributed by atoms with Crippen molar-refractivity contribution in [2.75, 3.05) is 6.54 Å². The smallest absolute Gasteiger partial charge is 0.326 e. The van der Waals surface area contributed by atoms with Crippen LogP contribution in [0.3, 0.4) is 0 Å². The average Bonchev–Trinajstić information content (AvgIpc) is 3.08. The van der Waals surface area contributed by atoms with E-state index in [0.717, 1.165) is 64.6 Å². The van der Waals surface area contributed by atoms with Gasteiger partial charge in [-0.3, -0.25) is 9.59 Å². The van der Waals surface area contributed by atoms with Crippen LogP contribution in [0, 0.1) is 0 Å². The molecule has 0 bridgehead atoms. The molecular formula is C40H30N2O4. The second-order valence-electron chi connectivity index (χ2n) is 12.1. The van der Waals surface area contributed by atoms with Gasteiger partial charge in [0.15, 0.2) is 0 Å². The first-order valence-electron chi connectivity index (χ1n) is 15.6. The summed E-state index contributed by atoms with van der Waals surface area (Å²) in [5.74, 6) is -1.65. The quantitative estimate of drug-likeness (QED) is 0.114. The Bertz CT molecular complexity index is 2430. The fourth-order valence-electron chi connectivity index (χ4n) is 7.13. The molecule has 0 aliphatic heterocycles. The molecule has 0 heterocycles. The molecule has 6 nitrogen and oxygen atoms in total. The van der Waals surface area contributed by atoms with E-state index in [1.165, 1.54) is 0 Å². The third kappa shape index (κ3) is 4.53. The van der Waals surface area contributed by atoms with Gasteiger partial charge in [0.05, 0.1) is 0 Å². The highest BCUT2D eigenvalue weighted by Crippen LogP contribution is 2.37. The third-order valence-electron chi connectivity index (χ3n) is 9.36. The number of carboxylic acid groups (broad SMARTS) is 1. The minimum absolute atomic E-state index is 0.157. The van der Waals surface area contributed by atoms with E-state index in [1.54, 1.807) is 6.07 Å². The summed E-state index contributed by atoms with van der Waals surface area (Å²) in [5.41, 5.74) is 1.08. The molecule has 8 aromatic carbocycles. The van der Waals surface area contributed by atoms with E-state index in [1.807, 2.05) is 48.5 Å². The molecule has 6 heteroatoms. The van der Waals surface area contributed by atoms with Crippen molar-refractivity contribution in [3.8, 4) is 0 Å². The maximum absolute atomic E-state index is 13.4. The molecule has 0 radical (unpaired) electrons. The van der Waals surface area contributed by atoms with E-state index in [9.17, 15) is 19.5 Å². The number of benzene rings is 8. The zero-order valence-electron chi connectivity index (χ0n) is 25.0. The Morgan fingerprint density at radius 3 is 1.46 bits per heavy atom. The Morgan fingerprint density at radius 2 is 0.957 bits per heavy atom. The fourth-order valence-corrected chi connectivity index (χ4v) is 7.13. The maximum atomic E-state index is 13.4. The fraction of sp³-hybridized carbons (Fsp3) is 0.125. The molecule has 3 N–H and O–H groups in total. The van der Waals surface area contributed by atoms with Crippen LogP contribution in [0.5, 0.6) is 0 Å². The molecule has 0 unspecified atom stereocenters. The predicted octanol–water partition coefficient (Wildman–Crippen LogP) is 8.26. The molecule has 8 rings (SSSR count). The number of carbonyl (C=O) groups is 3. The topological polar surface area (TPSA) is 95.5 Å². The van der Waals surface area contributed by atoms with Crippen molar-refractivity contribution in [1.29, 1.82) is 0 Å². The number of amides is 2. The minimum Gasteiger partial charge on any atom is -0.480 e. The van der Waals surface area contributed by atoms with Gasteiger partial charge in [-0.05, 0) is 96.0 Å². The third-order valence-corrected chi connectivity index (χ3v) is 9.36. The summed E-state index contributed by atoms with van der Waals surface area (Å²) in [6, 6.07) is 35.2. The normalized spacial score (nSPS) is 12.5. The molecule has 2 amide bonds. The number of carbonyl (C=O) groups excluding carboxylic acids is 2. The van der Waals surface area contributed by atoms with Crippen LogP contribution in [0.4, 0.5) is 0 Å². The van der Waals surface area contributed by atoms with E-state index in [4.69, 9.17) is 0 Å². The van der Waals surface area contributed by atoms with Crippen molar-refractivity contribution in [2.45, 2.75) is 25.3 Å². The average molecular weight is 603 g/mol. The van der Waals surface area contributed by atoms with E-state index < -0.39 is 17.9 Å². The number of carboxylic acids is 1. The molecule has 0 fully saturated rings. The molecular weight excluding hydrogens is 572 g/mol. The van der Waals surface area contributed by atoms with Gasteiger partial charge in [0.1, 0.15) is 6.04 Å². The van der Waals surface area contributed by atoms with Gasteiger partial charge in [-0.1, -0.05) is 97.1 Å². The van der Waals surface area contributed by atoms with Crippen molar-refractivity contribution in [3.05, 3.63) is 120 Å². The largest absolute Gasteiger partial charge is 0.480 e. The number of hydrogen-bond acceptors (Lipinski definition) is 3. The van der Waals surface area contributed by atoms with Gasteiger partial charge < -0.3 is 15.7 Å². The Morgan fingerprint density at radius 1 is 0.522 bits per heavy atom. The molecule has 8 aromatic rings. The second-order valence-corrected chi connectivity index (χ2v) is 12.1. The van der Waals surface area contributed by atoms with E-state index in [-0.39, 0.29) is 12.3 Å². The summed E-state index contributed by atoms with van der Waals surface area (Å²) in [6.07, 6.45) is 1.35. The number of rotatable bonds is 9. The van der Waals surface area contributed by atoms with Gasteiger partial charge in [0.2, 0.25) is 0 Å². The van der Waals surface area contributed by atoms with Gasteiger partial charge in [-0.25, -0.2) is 4.79 Å². The lowest BCUT2D eigenvalue weighted by atomic mass is 9.91. The van der Waals surface area contributed by atoms with Crippen LogP contribution in [0.25, 0.3) is 64.6 Å². The highest BCUT2D eigenvalue weighted by Gasteiger charge is 2.23. The zero-order chi connectivity index (χ0) is 31.4. The van der Waals surface area contributed by atoms with Gasteiger partial charge in [-0.2, -0.15) is 0 Å². The molecule has 0 saturated heterocycles. The monoisotopic (exact) mass is 602 g/mol. The van der Waals surface area contributed by atoms with Crippen LogP contribution in [0.15, 0.2) is 109 Å². The summed E-state index contributed by atoms with van der Waals surface area (Å²) in [6.45, 7) is 0.399. The van der Waals surface area contributed by atoms with Gasteiger partial charge in [0, 0.05) is 17.7 Å². The van der Waals surface area contributed by atoms with Crippen LogP contribution in [-0.2, 0) is 4.79 Å². The molecule has 46 heavy (non-hydrogen) atoms. The number of hydrogen-bond donors (Lipinski definition) is 3. The van der Waals surface area contributed by atoms with Gasteiger partial charge in [-0.15, -0.1) is 0 Å². The van der Waals surface area contributed by atoms with Crippen LogP contribution in [0.1, 0.15) is 40.0 Å². The Hall–Kier alpha value is -5.75. The van der Waals surface area contributed by atoms with Crippen molar-refractivity contribution < 1.29 is 19.5 Å². The number of aliphatic carboxylic acids is 1. The first-order chi connectivity index (χ1) is 22.5. The summed E-state index contributed by atoms with van der Waals surface area (Å²) in [4.78, 5) is 38.9. The number of unbranched alkanes of at least 4 members (excludes halogenated alkanes) is 1. The molecule has 0 spiro atoms. The van der Waals surface area contributed by atoms with Crippen LogP contribution in [0.2, 0.25) is 0 Å². The first kappa shape index (κ1) is 27.8. The van der Waals surface area contributed by atoms with E-state index in [0.29, 0.717) is 30.5 Å². The van der Waals surface area contributed by atoms with Crippen LogP contribution >= 0.6 is 0 Å². The van der Waals surface area contributed by atoms with Crippen LogP contribution in [-0.4, -0.2) is 35.5 Å². The van der Waals surface area contributed by atoms with Crippen LogP contribution < -0.4 is 10.6 Å². The van der Waals surface area contributed by atoms with Crippen molar-refractivity contribution in [1.82, 2.24) is 10.6 Å². The zero-order valence-corrected chi connectivity index (χ0v) is 25.0. The summed E-state index contributed by atoms with van der Waals surface area (Å²) >= 11 is 0. The first-order valence-corrected chi connectivity index (χ1v) is 15.6. The maximum Gasteiger partial charge on any atom is 0.326 e. The lowest BCUT2D eigenvalue weighted by molar-refractivity contribution is -0.139. The highest BCUT2D eigenvalue weighted by atomic mass is 16.4. The molecule has 0 aliphatic carbocycles. The molecule has 224 valence electrons. The lowest BCUT2D eigenvalue weighted by Gasteiger charge is -2.17. The Kier molecular flexibility index (Phi) is 6.64. The molecule has 0 aliphatic rings. The van der Waals surface area contributed by atoms with Gasteiger partial charge in [0.25, 0.3) is 11.8 Å². The molecule has 0 saturated carbocycles. The van der Waals surface area contributed by atoms with E-state index >= 15 is 0 Å². The Labute approximate surface area is 264 Å². The van der Waals surface area contributed by atoms with Crippen molar-refractivity contribution >= 4 is 82.4 Å². The molecule has 0 aromatic heterocycles.